The predicted octanol–water partition coefficient (Wildman–Crippen LogP) is 27.1. The average molecular weight is 1270 g/mol. The van der Waals surface area contributed by atoms with Crippen molar-refractivity contribution in [2.75, 3.05) is 9.80 Å². The molecule has 1 heterocycles. The maximum absolute atomic E-state index is 2.52. The normalized spacial score (nSPS) is 16.1. The molecule has 0 radical (unpaired) electrons. The van der Waals surface area contributed by atoms with E-state index in [0.717, 1.165) is 19.3 Å². The Labute approximate surface area is 574 Å². The molecule has 96 heavy (non-hydrogen) atoms. The Morgan fingerprint density at radius 2 is 0.750 bits per heavy atom. The molecule has 12 aromatic rings. The van der Waals surface area contributed by atoms with Gasteiger partial charge in [0.15, 0.2) is 0 Å². The molecule has 478 valence electrons. The number of nitrogens with zero attached hydrogens (tertiary/aromatic N) is 2. The van der Waals surface area contributed by atoms with Crippen LogP contribution in [0.15, 0.2) is 231 Å². The lowest BCUT2D eigenvalue weighted by Crippen LogP contribution is -2.25. The minimum absolute atomic E-state index is 0.101. The molecule has 0 aliphatic heterocycles. The van der Waals surface area contributed by atoms with Crippen LogP contribution in [0.3, 0.4) is 0 Å². The largest absolute Gasteiger partial charge is 0.310 e. The molecule has 17 rings (SSSR count). The number of hydrogen-bond acceptors (Lipinski definition) is 3. The fourth-order valence-corrected chi connectivity index (χ4v) is 19.1. The molecule has 11 aromatic carbocycles. The molecule has 2 nitrogen and oxygen atoms in total. The number of unbranched alkanes of at least 4 members (excludes halogenated alkanes) is 4. The van der Waals surface area contributed by atoms with Crippen LogP contribution in [-0.4, -0.2) is 0 Å². The fraction of sp³-hybridized carbons (Fsp3) is 0.290. The second-order valence-electron chi connectivity index (χ2n) is 31.2. The molecular weight excluding hydrogens is 1180 g/mol. The summed E-state index contributed by atoms with van der Waals surface area (Å²) in [6.45, 7) is 14.6. The van der Waals surface area contributed by atoms with Crippen LogP contribution in [0, 0.1) is 10.8 Å². The molecule has 0 atom stereocenters. The van der Waals surface area contributed by atoms with E-state index in [9.17, 15) is 0 Å². The highest BCUT2D eigenvalue weighted by atomic mass is 32.1. The van der Waals surface area contributed by atoms with Gasteiger partial charge in [0.25, 0.3) is 0 Å². The topological polar surface area (TPSA) is 6.48 Å². The van der Waals surface area contributed by atoms with Crippen molar-refractivity contribution in [1.82, 2.24) is 0 Å². The lowest BCUT2D eigenvalue weighted by Gasteiger charge is -2.38. The van der Waals surface area contributed by atoms with E-state index < -0.39 is 0 Å². The Morgan fingerprint density at radius 3 is 1.28 bits per heavy atom. The Hall–Kier alpha value is -8.76. The van der Waals surface area contributed by atoms with E-state index >= 15 is 0 Å². The number of fused-ring (bicyclic) bond motifs is 12. The van der Waals surface area contributed by atoms with E-state index in [2.05, 4.69) is 282 Å². The smallest absolute Gasteiger partial charge is 0.0467 e. The van der Waals surface area contributed by atoms with E-state index in [4.69, 9.17) is 0 Å². The number of hydrogen-bond donors (Lipinski definition) is 0. The molecular formula is C93H90N2S. The fourth-order valence-electron chi connectivity index (χ4n) is 17.9. The SMILES string of the molecule is CC1(CCCCCc2cccc(N(c3cccc(-c4ccc5c(c4)Cc4cc6c(cc4-5)sc4cc(-c5cccc(N(c7cccc(CCCCCC8(C)CCC8)c7)c7ccc8c(c7)C(C)(C)c7ccccc7-8)c5)ccc46)c3)c3ccc4c(c3)C(C)(C)c3ccccc3-4)c2)CCC1. The third kappa shape index (κ3) is 10.9. The zero-order valence-corrected chi connectivity index (χ0v) is 58.1. The summed E-state index contributed by atoms with van der Waals surface area (Å²) in [7, 11) is 0. The van der Waals surface area contributed by atoms with Crippen molar-refractivity contribution in [2.45, 2.75) is 162 Å². The molecule has 5 aliphatic carbocycles. The molecule has 0 saturated heterocycles. The monoisotopic (exact) mass is 1270 g/mol. The van der Waals surface area contributed by atoms with Crippen molar-refractivity contribution in [1.29, 1.82) is 0 Å². The molecule has 2 fully saturated rings. The van der Waals surface area contributed by atoms with E-state index in [-0.39, 0.29) is 10.8 Å². The summed E-state index contributed by atoms with van der Waals surface area (Å²) in [6, 6.07) is 89.4. The molecule has 3 heteroatoms. The number of rotatable bonds is 20. The highest BCUT2D eigenvalue weighted by molar-refractivity contribution is 7.25. The maximum Gasteiger partial charge on any atom is 0.0467 e. The van der Waals surface area contributed by atoms with Crippen LogP contribution in [0.4, 0.5) is 34.1 Å². The molecule has 0 bridgehead atoms. The first kappa shape index (κ1) is 60.9. The van der Waals surface area contributed by atoms with Crippen molar-refractivity contribution in [2.24, 2.45) is 10.8 Å². The van der Waals surface area contributed by atoms with Crippen LogP contribution in [0.2, 0.25) is 0 Å². The zero-order valence-electron chi connectivity index (χ0n) is 57.3. The molecule has 1 aromatic heterocycles. The van der Waals surface area contributed by atoms with Gasteiger partial charge >= 0.3 is 0 Å². The highest BCUT2D eigenvalue weighted by Crippen LogP contribution is 2.54. The van der Waals surface area contributed by atoms with Crippen molar-refractivity contribution >= 4 is 65.6 Å². The molecule has 2 saturated carbocycles. The van der Waals surface area contributed by atoms with E-state index in [0.29, 0.717) is 10.8 Å². The first-order valence-corrected chi connectivity index (χ1v) is 37.1. The van der Waals surface area contributed by atoms with Gasteiger partial charge in [0, 0.05) is 65.1 Å². The first-order valence-electron chi connectivity index (χ1n) is 36.3. The predicted molar refractivity (Wildman–Crippen MR) is 411 cm³/mol. The Bertz CT molecular complexity index is 5000. The van der Waals surface area contributed by atoms with Gasteiger partial charge in [0.05, 0.1) is 0 Å². The molecule has 0 amide bonds. The van der Waals surface area contributed by atoms with Gasteiger partial charge in [-0.05, 0) is 273 Å². The lowest BCUT2D eigenvalue weighted by atomic mass is 9.67. The second kappa shape index (κ2) is 24.1. The van der Waals surface area contributed by atoms with Gasteiger partial charge in [-0.15, -0.1) is 11.3 Å². The standard InChI is InChI=1S/C93H90N2S/c1-90(2)84-35-13-11-33-77(84)79-43-39-74(59-86(79)90)94(70-29-17-25-62(51-70)23-9-7-15-45-92(5)47-21-48-92)72-31-19-27-64(55-72)66-37-41-76-68(53-66)54-69-57-83-81-42-38-67(58-88(81)96-89(83)61-82(69)76)65-28-20-32-73(56-65)95(71-30-18-26-63(52-71)24-10-8-16-46-93(6)49-22-50-93)75-40-44-80-78-34-12-14-36-85(78)91(3,4)87(80)60-75/h11-14,17-20,25-44,51-53,55-61H,7-10,15-16,21-24,45-50,54H2,1-6H3. The van der Waals surface area contributed by atoms with Crippen LogP contribution in [0.1, 0.15) is 176 Å². The Kier molecular flexibility index (Phi) is 15.3. The van der Waals surface area contributed by atoms with Crippen LogP contribution in [0.25, 0.3) is 75.8 Å². The minimum atomic E-state index is -0.102. The highest BCUT2D eigenvalue weighted by Gasteiger charge is 2.38. The molecule has 0 N–H and O–H groups in total. The molecule has 0 spiro atoms. The van der Waals surface area contributed by atoms with Gasteiger partial charge in [0.1, 0.15) is 0 Å². The van der Waals surface area contributed by atoms with Crippen molar-refractivity contribution < 1.29 is 0 Å². The summed E-state index contributed by atoms with van der Waals surface area (Å²) < 4.78 is 2.68. The van der Waals surface area contributed by atoms with Crippen LogP contribution in [0.5, 0.6) is 0 Å². The summed E-state index contributed by atoms with van der Waals surface area (Å²) in [5.74, 6) is 0. The Morgan fingerprint density at radius 1 is 0.312 bits per heavy atom. The first-order chi connectivity index (χ1) is 46.7. The van der Waals surface area contributed by atoms with Gasteiger partial charge in [-0.2, -0.15) is 0 Å². The summed E-state index contributed by atoms with van der Waals surface area (Å²) in [5.41, 5.74) is 32.5. The van der Waals surface area contributed by atoms with E-state index in [1.165, 1.54) is 244 Å². The lowest BCUT2D eigenvalue weighted by molar-refractivity contribution is 0.141. The number of anilines is 6. The van der Waals surface area contributed by atoms with Crippen LogP contribution in [-0.2, 0) is 30.1 Å². The molecule has 5 aliphatic rings. The van der Waals surface area contributed by atoms with Crippen molar-refractivity contribution in [3.05, 3.63) is 275 Å². The quantitative estimate of drug-likeness (QED) is 0.0702. The van der Waals surface area contributed by atoms with Crippen molar-refractivity contribution in [3.63, 3.8) is 0 Å². The third-order valence-corrected chi connectivity index (χ3v) is 25.1. The van der Waals surface area contributed by atoms with E-state index in [1.807, 2.05) is 11.3 Å². The second-order valence-corrected chi connectivity index (χ2v) is 32.3. The summed E-state index contributed by atoms with van der Waals surface area (Å²) >= 11 is 1.94. The summed E-state index contributed by atoms with van der Waals surface area (Å²) in [5, 5.41) is 2.69. The van der Waals surface area contributed by atoms with Gasteiger partial charge in [-0.25, -0.2) is 0 Å². The van der Waals surface area contributed by atoms with Gasteiger partial charge < -0.3 is 9.80 Å². The van der Waals surface area contributed by atoms with E-state index in [1.54, 1.807) is 0 Å². The molecule has 0 unspecified atom stereocenters. The van der Waals surface area contributed by atoms with Crippen molar-refractivity contribution in [3.8, 4) is 55.6 Å². The van der Waals surface area contributed by atoms with Gasteiger partial charge in [0.2, 0.25) is 0 Å². The third-order valence-electron chi connectivity index (χ3n) is 23.9. The summed E-state index contributed by atoms with van der Waals surface area (Å²) in [4.78, 5) is 5.04. The van der Waals surface area contributed by atoms with Crippen LogP contribution >= 0.6 is 11.3 Å². The number of benzene rings is 11. The maximum atomic E-state index is 2.52. The van der Waals surface area contributed by atoms with Gasteiger partial charge in [-0.1, -0.05) is 220 Å². The number of thiophene rings is 1. The number of aryl methyl sites for hydroxylation is 2. The minimum Gasteiger partial charge on any atom is -0.310 e. The van der Waals surface area contributed by atoms with Crippen LogP contribution < -0.4 is 9.80 Å². The zero-order chi connectivity index (χ0) is 64.9. The Balaban J connectivity index is 0.655. The average Bonchev–Trinajstić information content (AvgIpc) is 1.64. The summed E-state index contributed by atoms with van der Waals surface area (Å²) in [6.07, 6.45) is 22.1. The van der Waals surface area contributed by atoms with Gasteiger partial charge in [-0.3, -0.25) is 0 Å².